The van der Waals surface area contributed by atoms with Crippen LogP contribution in [0.1, 0.15) is 37.7 Å². The maximum Gasteiger partial charge on any atom is 0.241 e. The number of hydrogen-bond acceptors (Lipinski definition) is 5. The van der Waals surface area contributed by atoms with Crippen LogP contribution in [0.5, 0.6) is 5.75 Å². The first-order chi connectivity index (χ1) is 15.4. The highest BCUT2D eigenvalue weighted by Crippen LogP contribution is 2.22. The number of hydrogen-bond donors (Lipinski definition) is 2. The van der Waals surface area contributed by atoms with Gasteiger partial charge in [0.1, 0.15) is 11.5 Å². The Morgan fingerprint density at radius 3 is 2.34 bits per heavy atom. The topological polar surface area (TPSA) is 87.7 Å². The van der Waals surface area contributed by atoms with Gasteiger partial charge in [-0.1, -0.05) is 17.7 Å². The average Bonchev–Trinajstić information content (AvgIpc) is 2.78. The minimum atomic E-state index is -3.76. The van der Waals surface area contributed by atoms with Crippen molar-refractivity contribution in [3.63, 3.8) is 0 Å². The third-order valence-corrected chi connectivity index (χ3v) is 6.55. The van der Waals surface area contributed by atoms with Gasteiger partial charge >= 0.3 is 0 Å². The monoisotopic (exact) mass is 459 g/mol. The summed E-state index contributed by atoms with van der Waals surface area (Å²) in [7, 11) is -3.76. The van der Waals surface area contributed by atoms with Gasteiger partial charge in [0.25, 0.3) is 0 Å². The maximum atomic E-state index is 12.3. The van der Waals surface area contributed by atoms with Crippen molar-refractivity contribution in [3.05, 3.63) is 54.1 Å². The van der Waals surface area contributed by atoms with Gasteiger partial charge in [0.2, 0.25) is 15.9 Å². The molecule has 1 amide bonds. The number of benzene rings is 2. The zero-order valence-electron chi connectivity index (χ0n) is 18.7. The summed E-state index contributed by atoms with van der Waals surface area (Å²) in [6.45, 7) is 5.04. The van der Waals surface area contributed by atoms with E-state index < -0.39 is 21.7 Å². The van der Waals surface area contributed by atoms with Crippen molar-refractivity contribution in [3.8, 4) is 5.75 Å². The van der Waals surface area contributed by atoms with Gasteiger partial charge < -0.3 is 15.0 Å². The van der Waals surface area contributed by atoms with Crippen LogP contribution >= 0.6 is 0 Å². The van der Waals surface area contributed by atoms with E-state index in [1.165, 1.54) is 24.8 Å². The molecule has 0 saturated carbocycles. The Hall–Kier alpha value is -2.74. The minimum Gasteiger partial charge on any atom is -0.494 e. The number of piperidine rings is 1. The Balaban J connectivity index is 1.33. The second-order valence-corrected chi connectivity index (χ2v) is 9.90. The fraction of sp³-hybridized carbons (Fsp3) is 0.458. The van der Waals surface area contributed by atoms with E-state index in [0.717, 1.165) is 30.9 Å². The lowest BCUT2D eigenvalue weighted by Crippen LogP contribution is -2.33. The predicted octanol–water partition coefficient (Wildman–Crippen LogP) is 3.70. The number of carbonyl (C=O) groups is 1. The average molecular weight is 460 g/mol. The first-order valence-electron chi connectivity index (χ1n) is 11.2. The van der Waals surface area contributed by atoms with Crippen LogP contribution in [-0.2, 0) is 14.8 Å². The Morgan fingerprint density at radius 2 is 1.66 bits per heavy atom. The van der Waals surface area contributed by atoms with Gasteiger partial charge in [-0.2, -0.15) is 0 Å². The lowest BCUT2D eigenvalue weighted by atomic mass is 10.1. The summed E-state index contributed by atoms with van der Waals surface area (Å²) in [5.74, 6) is -0.288. The van der Waals surface area contributed by atoms with E-state index in [1.54, 1.807) is 12.1 Å². The summed E-state index contributed by atoms with van der Waals surface area (Å²) in [5.41, 5.74) is 2.74. The molecule has 1 heterocycles. The zero-order valence-corrected chi connectivity index (χ0v) is 19.5. The molecule has 1 fully saturated rings. The molecule has 1 saturated heterocycles. The molecule has 32 heavy (non-hydrogen) atoms. The highest BCUT2D eigenvalue weighted by molar-refractivity contribution is 7.93. The molecular weight excluding hydrogens is 426 g/mol. The van der Waals surface area contributed by atoms with Crippen molar-refractivity contribution in [2.24, 2.45) is 0 Å². The predicted molar refractivity (Wildman–Crippen MR) is 129 cm³/mol. The van der Waals surface area contributed by atoms with Crippen molar-refractivity contribution in [2.75, 3.05) is 41.6 Å². The number of nitrogens with one attached hydrogen (secondary N) is 2. The molecule has 1 aliphatic heterocycles. The molecule has 0 atom stereocenters. The van der Waals surface area contributed by atoms with Gasteiger partial charge in [-0.3, -0.25) is 9.52 Å². The summed E-state index contributed by atoms with van der Waals surface area (Å²) in [4.78, 5) is 14.3. The SMILES string of the molecule is Cc1ccc(OCCCCNC(=O)CS(=O)(=O)Nc2ccc(N3CCCCC3)cc2)cc1. The quantitative estimate of drug-likeness (QED) is 0.500. The van der Waals surface area contributed by atoms with E-state index in [9.17, 15) is 13.2 Å². The Labute approximate surface area is 191 Å². The van der Waals surface area contributed by atoms with E-state index >= 15 is 0 Å². The minimum absolute atomic E-state index is 0.413. The van der Waals surface area contributed by atoms with E-state index in [4.69, 9.17) is 4.74 Å². The van der Waals surface area contributed by atoms with Gasteiger partial charge in [-0.15, -0.1) is 0 Å². The normalized spacial score (nSPS) is 14.1. The molecule has 2 N–H and O–H groups in total. The molecule has 0 aromatic heterocycles. The first-order valence-corrected chi connectivity index (χ1v) is 12.9. The lowest BCUT2D eigenvalue weighted by molar-refractivity contribution is -0.118. The van der Waals surface area contributed by atoms with Crippen LogP contribution in [0.25, 0.3) is 0 Å². The van der Waals surface area contributed by atoms with Crippen LogP contribution in [-0.4, -0.2) is 46.3 Å². The largest absolute Gasteiger partial charge is 0.494 e. The summed E-state index contributed by atoms with van der Waals surface area (Å²) in [6.07, 6.45) is 5.11. The van der Waals surface area contributed by atoms with Gasteiger partial charge in [0.15, 0.2) is 0 Å². The first kappa shape index (κ1) is 23.9. The summed E-state index contributed by atoms with van der Waals surface area (Å²) in [5, 5.41) is 2.66. The molecule has 7 nitrogen and oxygen atoms in total. The molecule has 0 bridgehead atoms. The van der Waals surface area contributed by atoms with E-state index in [-0.39, 0.29) is 0 Å². The highest BCUT2D eigenvalue weighted by Gasteiger charge is 2.17. The number of aryl methyl sites for hydroxylation is 1. The Bertz CT molecular complexity index is 954. The third kappa shape index (κ3) is 8.07. The van der Waals surface area contributed by atoms with Gasteiger partial charge in [-0.25, -0.2) is 8.42 Å². The second kappa shape index (κ2) is 11.8. The summed E-state index contributed by atoms with van der Waals surface area (Å²) in [6, 6.07) is 15.2. The number of anilines is 2. The standard InChI is InChI=1S/C24H33N3O4S/c1-20-7-13-23(14-8-20)31-18-6-3-15-25-24(28)19-32(29,30)26-21-9-11-22(12-10-21)27-16-4-2-5-17-27/h7-14,26H,2-6,15-19H2,1H3,(H,25,28). The zero-order chi connectivity index (χ0) is 22.8. The number of rotatable bonds is 11. The number of nitrogens with zero attached hydrogens (tertiary/aromatic N) is 1. The number of unbranched alkanes of at least 4 members (excludes halogenated alkanes) is 1. The van der Waals surface area contributed by atoms with Gasteiger partial charge in [0.05, 0.1) is 6.61 Å². The Kier molecular flexibility index (Phi) is 8.79. The molecule has 0 aliphatic carbocycles. The van der Waals surface area contributed by atoms with Gasteiger partial charge in [0, 0.05) is 31.0 Å². The summed E-state index contributed by atoms with van der Waals surface area (Å²) < 4.78 is 32.7. The molecule has 174 valence electrons. The fourth-order valence-corrected chi connectivity index (χ4v) is 4.63. The number of amides is 1. The van der Waals surface area contributed by atoms with Crippen molar-refractivity contribution >= 4 is 27.3 Å². The van der Waals surface area contributed by atoms with Crippen molar-refractivity contribution < 1.29 is 17.9 Å². The van der Waals surface area contributed by atoms with Crippen LogP contribution in [0.2, 0.25) is 0 Å². The molecule has 1 aliphatic rings. The van der Waals surface area contributed by atoms with E-state index in [0.29, 0.717) is 25.3 Å². The molecule has 0 unspecified atom stereocenters. The fourth-order valence-electron chi connectivity index (χ4n) is 3.61. The third-order valence-electron chi connectivity index (χ3n) is 5.37. The molecule has 2 aromatic rings. The van der Waals surface area contributed by atoms with Crippen molar-refractivity contribution in [1.82, 2.24) is 5.32 Å². The van der Waals surface area contributed by atoms with Crippen LogP contribution in [0.3, 0.4) is 0 Å². The molecule has 0 spiro atoms. The lowest BCUT2D eigenvalue weighted by Gasteiger charge is -2.28. The molecular formula is C24H33N3O4S. The molecule has 3 rings (SSSR count). The molecule has 0 radical (unpaired) electrons. The number of sulfonamides is 1. The maximum absolute atomic E-state index is 12.3. The van der Waals surface area contributed by atoms with Crippen LogP contribution in [0.4, 0.5) is 11.4 Å². The van der Waals surface area contributed by atoms with E-state index in [2.05, 4.69) is 14.9 Å². The highest BCUT2D eigenvalue weighted by atomic mass is 32.2. The van der Waals surface area contributed by atoms with Crippen LogP contribution in [0, 0.1) is 6.92 Å². The number of carbonyl (C=O) groups excluding carboxylic acids is 1. The molecule has 8 heteroatoms. The van der Waals surface area contributed by atoms with Crippen molar-refractivity contribution in [1.29, 1.82) is 0 Å². The number of ether oxygens (including phenoxy) is 1. The Morgan fingerprint density at radius 1 is 0.969 bits per heavy atom. The smallest absolute Gasteiger partial charge is 0.241 e. The molecule has 2 aromatic carbocycles. The van der Waals surface area contributed by atoms with Gasteiger partial charge in [-0.05, 0) is 75.4 Å². The summed E-state index contributed by atoms with van der Waals surface area (Å²) >= 11 is 0. The second-order valence-electron chi connectivity index (χ2n) is 8.17. The van der Waals surface area contributed by atoms with E-state index in [1.807, 2.05) is 43.3 Å². The van der Waals surface area contributed by atoms with Crippen LogP contribution < -0.4 is 19.7 Å². The van der Waals surface area contributed by atoms with Crippen LogP contribution in [0.15, 0.2) is 48.5 Å². The van der Waals surface area contributed by atoms with Crippen molar-refractivity contribution in [2.45, 2.75) is 39.0 Å².